The second-order valence-electron chi connectivity index (χ2n) is 9.34. The molecule has 0 saturated heterocycles. The maximum atomic E-state index is 13.8. The number of methoxy groups -OCH3 is 1. The molecule has 0 radical (unpaired) electrons. The van der Waals surface area contributed by atoms with Gasteiger partial charge in [-0.2, -0.15) is 0 Å². The molecule has 0 aliphatic carbocycles. The fraction of sp³-hybridized carbons (Fsp3) is 0.194. The summed E-state index contributed by atoms with van der Waals surface area (Å²) in [5.41, 5.74) is 2.79. The number of benzene rings is 3. The summed E-state index contributed by atoms with van der Waals surface area (Å²) >= 11 is 1.24. The summed E-state index contributed by atoms with van der Waals surface area (Å²) in [4.78, 5) is 42.1. The average molecular weight is 586 g/mol. The van der Waals surface area contributed by atoms with Crippen LogP contribution in [0.5, 0.6) is 11.5 Å². The molecule has 1 aromatic heterocycles. The lowest BCUT2D eigenvalue weighted by molar-refractivity contribution is -0.384. The summed E-state index contributed by atoms with van der Waals surface area (Å²) in [5, 5.41) is 10.9. The van der Waals surface area contributed by atoms with Crippen LogP contribution in [0.3, 0.4) is 0 Å². The number of rotatable bonds is 9. The summed E-state index contributed by atoms with van der Waals surface area (Å²) < 4.78 is 18.8. The zero-order valence-electron chi connectivity index (χ0n) is 23.1. The Morgan fingerprint density at radius 3 is 2.48 bits per heavy atom. The molecule has 0 N–H and O–H groups in total. The molecule has 10 nitrogen and oxygen atoms in total. The minimum atomic E-state index is -0.675. The van der Waals surface area contributed by atoms with Gasteiger partial charge in [0.25, 0.3) is 11.2 Å². The molecule has 4 aromatic rings. The van der Waals surface area contributed by atoms with E-state index >= 15 is 0 Å². The third-order valence-corrected chi connectivity index (χ3v) is 7.63. The van der Waals surface area contributed by atoms with E-state index in [4.69, 9.17) is 14.2 Å². The van der Waals surface area contributed by atoms with Gasteiger partial charge >= 0.3 is 5.97 Å². The molecule has 0 amide bonds. The first-order valence-corrected chi connectivity index (χ1v) is 13.9. The Bertz CT molecular complexity index is 1860. The van der Waals surface area contributed by atoms with Crippen molar-refractivity contribution in [2.24, 2.45) is 4.99 Å². The van der Waals surface area contributed by atoms with Crippen LogP contribution in [0.2, 0.25) is 0 Å². The van der Waals surface area contributed by atoms with Gasteiger partial charge in [0.1, 0.15) is 6.61 Å². The largest absolute Gasteiger partial charge is 0.490 e. The molecule has 0 saturated carbocycles. The predicted molar refractivity (Wildman–Crippen MR) is 157 cm³/mol. The fourth-order valence-electron chi connectivity index (χ4n) is 4.67. The van der Waals surface area contributed by atoms with E-state index in [1.54, 1.807) is 37.3 Å². The van der Waals surface area contributed by atoms with Crippen molar-refractivity contribution in [1.82, 2.24) is 4.57 Å². The Hall–Kier alpha value is -5.03. The van der Waals surface area contributed by atoms with E-state index in [1.807, 2.05) is 43.3 Å². The number of thiazole rings is 1. The van der Waals surface area contributed by atoms with Crippen LogP contribution in [0.25, 0.3) is 6.08 Å². The van der Waals surface area contributed by atoms with Crippen molar-refractivity contribution in [2.45, 2.75) is 26.5 Å². The van der Waals surface area contributed by atoms with Crippen LogP contribution in [0.1, 0.15) is 36.6 Å². The number of nitro groups is 1. The highest BCUT2D eigenvalue weighted by atomic mass is 32.1. The van der Waals surface area contributed by atoms with Gasteiger partial charge in [0.05, 0.1) is 40.5 Å². The summed E-state index contributed by atoms with van der Waals surface area (Å²) in [7, 11) is 1.31. The molecule has 5 rings (SSSR count). The number of hydrogen-bond acceptors (Lipinski definition) is 9. The Balaban J connectivity index is 1.50. The van der Waals surface area contributed by atoms with Crippen LogP contribution < -0.4 is 24.4 Å². The minimum absolute atomic E-state index is 0.00941. The number of aromatic nitrogens is 1. The second kappa shape index (κ2) is 12.2. The molecule has 3 aromatic carbocycles. The topological polar surface area (TPSA) is 122 Å². The third-order valence-electron chi connectivity index (χ3n) is 6.65. The molecule has 1 aliphatic rings. The minimum Gasteiger partial charge on any atom is -0.490 e. The van der Waals surface area contributed by atoms with Crippen molar-refractivity contribution in [3.05, 3.63) is 131 Å². The van der Waals surface area contributed by atoms with Gasteiger partial charge in [-0.1, -0.05) is 47.7 Å². The van der Waals surface area contributed by atoms with Crippen molar-refractivity contribution >= 4 is 29.1 Å². The van der Waals surface area contributed by atoms with E-state index in [0.717, 1.165) is 11.1 Å². The van der Waals surface area contributed by atoms with Crippen LogP contribution in [0.15, 0.2) is 93.9 Å². The number of fused-ring (bicyclic) bond motifs is 1. The SMILES string of the molecule is CCOc1cc(/C=c2\sc3n(c2=O)[C@H](c2ccccc2)C(C(=O)OC)=C(C)N=3)ccc1OCc1ccc([N+](=O)[O-])cc1. The van der Waals surface area contributed by atoms with E-state index in [-0.39, 0.29) is 17.9 Å². The van der Waals surface area contributed by atoms with Gasteiger partial charge in [0.15, 0.2) is 16.3 Å². The first-order chi connectivity index (χ1) is 20.3. The summed E-state index contributed by atoms with van der Waals surface area (Å²) in [6.45, 7) is 4.18. The number of nitrogens with zero attached hydrogens (tertiary/aromatic N) is 3. The first-order valence-electron chi connectivity index (χ1n) is 13.1. The van der Waals surface area contributed by atoms with Gasteiger partial charge in [-0.05, 0) is 60.9 Å². The van der Waals surface area contributed by atoms with E-state index in [9.17, 15) is 19.7 Å². The van der Waals surface area contributed by atoms with Crippen LogP contribution in [0.4, 0.5) is 5.69 Å². The molecule has 1 aliphatic heterocycles. The second-order valence-corrected chi connectivity index (χ2v) is 10.3. The number of carbonyl (C=O) groups is 1. The number of esters is 1. The van der Waals surface area contributed by atoms with Gasteiger partial charge in [-0.15, -0.1) is 0 Å². The lowest BCUT2D eigenvalue weighted by Crippen LogP contribution is -2.39. The molecule has 0 spiro atoms. The van der Waals surface area contributed by atoms with Crippen molar-refractivity contribution in [3.63, 3.8) is 0 Å². The normalized spacial score (nSPS) is 14.6. The Morgan fingerprint density at radius 1 is 1.07 bits per heavy atom. The zero-order valence-corrected chi connectivity index (χ0v) is 23.9. The monoisotopic (exact) mass is 585 g/mol. The van der Waals surface area contributed by atoms with Gasteiger partial charge < -0.3 is 14.2 Å². The maximum absolute atomic E-state index is 13.8. The third kappa shape index (κ3) is 5.72. The van der Waals surface area contributed by atoms with Gasteiger partial charge in [-0.25, -0.2) is 9.79 Å². The Kier molecular flexibility index (Phi) is 8.30. The highest BCUT2D eigenvalue weighted by molar-refractivity contribution is 7.07. The smallest absolute Gasteiger partial charge is 0.338 e. The molecule has 42 heavy (non-hydrogen) atoms. The van der Waals surface area contributed by atoms with Crippen LogP contribution in [-0.2, 0) is 16.1 Å². The van der Waals surface area contributed by atoms with Gasteiger partial charge in [-0.3, -0.25) is 19.5 Å². The van der Waals surface area contributed by atoms with Crippen molar-refractivity contribution in [2.75, 3.05) is 13.7 Å². The summed E-state index contributed by atoms with van der Waals surface area (Å²) in [5.74, 6) is 0.452. The van der Waals surface area contributed by atoms with E-state index < -0.39 is 16.9 Å². The van der Waals surface area contributed by atoms with Crippen molar-refractivity contribution in [3.8, 4) is 11.5 Å². The van der Waals surface area contributed by atoms with Crippen LogP contribution in [0, 0.1) is 10.1 Å². The quantitative estimate of drug-likeness (QED) is 0.163. The molecule has 0 unspecified atom stereocenters. The number of carbonyl (C=O) groups excluding carboxylic acids is 1. The Labute approximate surface area is 244 Å². The van der Waals surface area contributed by atoms with E-state index in [2.05, 4.69) is 4.99 Å². The molecular weight excluding hydrogens is 558 g/mol. The van der Waals surface area contributed by atoms with Crippen LogP contribution >= 0.6 is 11.3 Å². The molecule has 0 fully saturated rings. The van der Waals surface area contributed by atoms with E-state index in [1.165, 1.54) is 35.1 Å². The Morgan fingerprint density at radius 2 is 1.81 bits per heavy atom. The maximum Gasteiger partial charge on any atom is 0.338 e. The highest BCUT2D eigenvalue weighted by Gasteiger charge is 2.32. The number of hydrogen-bond donors (Lipinski definition) is 0. The fourth-order valence-corrected chi connectivity index (χ4v) is 5.72. The standard InChI is InChI=1S/C31H27N3O7S/c1-4-40-25-16-21(12-15-24(25)41-18-20-10-13-23(14-11-20)34(37)38)17-26-29(35)33-28(22-8-6-5-7-9-22)27(30(36)39-3)19(2)32-31(33)42-26/h5-17,28H,4,18H2,1-3H3/b26-17-/t28-/m1/s1. The first kappa shape index (κ1) is 28.5. The number of non-ortho nitro benzene ring substituents is 1. The van der Waals surface area contributed by atoms with E-state index in [0.29, 0.717) is 44.3 Å². The molecule has 0 bridgehead atoms. The highest BCUT2D eigenvalue weighted by Crippen LogP contribution is 2.31. The lowest BCUT2D eigenvalue weighted by atomic mass is 9.96. The van der Waals surface area contributed by atoms with Gasteiger partial charge in [0, 0.05) is 12.1 Å². The lowest BCUT2D eigenvalue weighted by Gasteiger charge is -2.24. The molecule has 214 valence electrons. The predicted octanol–water partition coefficient (Wildman–Crippen LogP) is 4.29. The molecule has 1 atom stereocenters. The number of ether oxygens (including phenoxy) is 3. The zero-order chi connectivity index (χ0) is 29.8. The van der Waals surface area contributed by atoms with Crippen LogP contribution in [-0.4, -0.2) is 29.2 Å². The average Bonchev–Trinajstić information content (AvgIpc) is 3.30. The van der Waals surface area contributed by atoms with Crippen molar-refractivity contribution in [1.29, 1.82) is 0 Å². The molecular formula is C31H27N3O7S. The molecule has 11 heteroatoms. The van der Waals surface area contributed by atoms with Crippen molar-refractivity contribution < 1.29 is 23.9 Å². The number of nitro benzene ring substituents is 1. The van der Waals surface area contributed by atoms with Gasteiger partial charge in [0.2, 0.25) is 0 Å². The number of allylic oxidation sites excluding steroid dienone is 1. The summed E-state index contributed by atoms with van der Waals surface area (Å²) in [6, 6.07) is 20.1. The summed E-state index contributed by atoms with van der Waals surface area (Å²) in [6.07, 6.45) is 1.76. The molecule has 2 heterocycles.